The van der Waals surface area contributed by atoms with Gasteiger partial charge in [-0.3, -0.25) is 9.59 Å². The Hall–Kier alpha value is -3.45. The van der Waals surface area contributed by atoms with Crippen molar-refractivity contribution in [3.8, 4) is 5.75 Å². The van der Waals surface area contributed by atoms with E-state index in [1.165, 1.54) is 23.3 Å². The number of amides is 2. The summed E-state index contributed by atoms with van der Waals surface area (Å²) in [6, 6.07) is 13.3. The molecule has 1 aromatic heterocycles. The highest BCUT2D eigenvalue weighted by Crippen LogP contribution is 2.39. The molecule has 0 aliphatic heterocycles. The van der Waals surface area contributed by atoms with Crippen LogP contribution in [0.4, 0.5) is 10.7 Å². The second-order valence-corrected chi connectivity index (χ2v) is 9.99. The van der Waals surface area contributed by atoms with Gasteiger partial charge in [0.1, 0.15) is 10.8 Å². The van der Waals surface area contributed by atoms with Crippen LogP contribution >= 0.6 is 11.3 Å². The van der Waals surface area contributed by atoms with E-state index in [2.05, 4.69) is 12.2 Å². The molecule has 35 heavy (non-hydrogen) atoms. The van der Waals surface area contributed by atoms with Crippen molar-refractivity contribution >= 4 is 40.1 Å². The van der Waals surface area contributed by atoms with E-state index in [0.29, 0.717) is 16.3 Å². The van der Waals surface area contributed by atoms with Crippen LogP contribution in [0.3, 0.4) is 0 Å². The maximum Gasteiger partial charge on any atom is 0.259 e. The molecule has 1 heterocycles. The third kappa shape index (κ3) is 6.17. The molecule has 0 unspecified atom stereocenters. The topological polar surface area (TPSA) is 93.8 Å². The van der Waals surface area contributed by atoms with Crippen LogP contribution in [0.15, 0.2) is 47.5 Å². The Morgan fingerprint density at radius 3 is 2.60 bits per heavy atom. The Balaban J connectivity index is 1.69. The Labute approximate surface area is 210 Å². The van der Waals surface area contributed by atoms with Crippen molar-refractivity contribution in [1.29, 1.82) is 0 Å². The van der Waals surface area contributed by atoms with Gasteiger partial charge in [0.2, 0.25) is 0 Å². The smallest absolute Gasteiger partial charge is 0.259 e. The SMILES string of the molecule is Cc1ccc(NC(=O)c2c(N=Cc3ccccc3OCC(N)=O)sc3c2CCCCCC3)cc1C. The summed E-state index contributed by atoms with van der Waals surface area (Å²) in [7, 11) is 0. The average Bonchev–Trinajstić information content (AvgIpc) is 3.15. The van der Waals surface area contributed by atoms with Gasteiger partial charge in [0, 0.05) is 22.3 Å². The predicted molar refractivity (Wildman–Crippen MR) is 142 cm³/mol. The number of anilines is 1. The number of carbonyl (C=O) groups excluding carboxylic acids is 2. The van der Waals surface area contributed by atoms with Crippen LogP contribution in [0.25, 0.3) is 0 Å². The van der Waals surface area contributed by atoms with Gasteiger partial charge in [-0.25, -0.2) is 4.99 Å². The standard InChI is InChI=1S/C28H31N3O3S/c1-18-13-14-21(15-19(18)2)31-27(33)26-22-10-5-3-4-6-12-24(22)35-28(26)30-16-20-9-7-8-11-23(20)34-17-25(29)32/h7-9,11,13-16H,3-6,10,12,17H2,1-2H3,(H2,29,32)(H,31,33). The number of hydrogen-bond acceptors (Lipinski definition) is 5. The third-order valence-electron chi connectivity index (χ3n) is 6.25. The van der Waals surface area contributed by atoms with Crippen LogP contribution in [-0.4, -0.2) is 24.6 Å². The van der Waals surface area contributed by atoms with E-state index < -0.39 is 5.91 Å². The fourth-order valence-electron chi connectivity index (χ4n) is 4.24. The fourth-order valence-corrected chi connectivity index (χ4v) is 5.47. The minimum absolute atomic E-state index is 0.128. The van der Waals surface area contributed by atoms with E-state index in [4.69, 9.17) is 15.5 Å². The van der Waals surface area contributed by atoms with Gasteiger partial charge in [-0.2, -0.15) is 0 Å². The zero-order valence-electron chi connectivity index (χ0n) is 20.2. The maximum atomic E-state index is 13.6. The van der Waals surface area contributed by atoms with Gasteiger partial charge in [-0.05, 0) is 80.5 Å². The predicted octanol–water partition coefficient (Wildman–Crippen LogP) is 5.89. The quantitative estimate of drug-likeness (QED) is 0.405. The summed E-state index contributed by atoms with van der Waals surface area (Å²) < 4.78 is 5.54. The first-order valence-electron chi connectivity index (χ1n) is 12.0. The van der Waals surface area contributed by atoms with Crippen LogP contribution in [0, 0.1) is 13.8 Å². The molecule has 0 saturated carbocycles. The van der Waals surface area contributed by atoms with Crippen molar-refractivity contribution in [2.24, 2.45) is 10.7 Å². The minimum atomic E-state index is -0.542. The summed E-state index contributed by atoms with van der Waals surface area (Å²) in [5.41, 5.74) is 10.8. The van der Waals surface area contributed by atoms with E-state index in [9.17, 15) is 9.59 Å². The lowest BCUT2D eigenvalue weighted by molar-refractivity contribution is -0.119. The highest BCUT2D eigenvalue weighted by molar-refractivity contribution is 7.16. The molecule has 0 bridgehead atoms. The van der Waals surface area contributed by atoms with Gasteiger partial charge in [0.15, 0.2) is 6.61 Å². The van der Waals surface area contributed by atoms with Crippen molar-refractivity contribution < 1.29 is 14.3 Å². The first-order valence-corrected chi connectivity index (χ1v) is 12.8. The second kappa shape index (κ2) is 11.3. The number of benzene rings is 2. The Morgan fingerprint density at radius 1 is 1.06 bits per heavy atom. The Kier molecular flexibility index (Phi) is 7.98. The summed E-state index contributed by atoms with van der Waals surface area (Å²) in [5, 5.41) is 3.80. The highest BCUT2D eigenvalue weighted by atomic mass is 32.1. The molecule has 0 saturated heterocycles. The number of fused-ring (bicyclic) bond motifs is 1. The third-order valence-corrected chi connectivity index (χ3v) is 7.45. The number of aryl methyl sites for hydroxylation is 3. The van der Waals surface area contributed by atoms with Gasteiger partial charge < -0.3 is 15.8 Å². The number of thiophene rings is 1. The molecule has 3 aromatic rings. The molecule has 2 amide bonds. The van der Waals surface area contributed by atoms with Crippen LogP contribution in [0.5, 0.6) is 5.75 Å². The molecule has 3 N–H and O–H groups in total. The summed E-state index contributed by atoms with van der Waals surface area (Å²) in [6.07, 6.45) is 8.13. The lowest BCUT2D eigenvalue weighted by atomic mass is 9.96. The molecule has 1 aliphatic carbocycles. The number of hydrogen-bond donors (Lipinski definition) is 2. The minimum Gasteiger partial charge on any atom is -0.483 e. The van der Waals surface area contributed by atoms with Gasteiger partial charge in [0.05, 0.1) is 5.56 Å². The van der Waals surface area contributed by atoms with Crippen LogP contribution < -0.4 is 15.8 Å². The number of nitrogens with one attached hydrogen (secondary N) is 1. The van der Waals surface area contributed by atoms with Crippen LogP contribution in [-0.2, 0) is 17.6 Å². The van der Waals surface area contributed by atoms with Crippen LogP contribution in [0.1, 0.15) is 63.2 Å². The summed E-state index contributed by atoms with van der Waals surface area (Å²) in [5.74, 6) is -0.150. The molecule has 182 valence electrons. The number of ether oxygens (including phenoxy) is 1. The second-order valence-electron chi connectivity index (χ2n) is 8.90. The number of aliphatic imine (C=N–C) groups is 1. The van der Waals surface area contributed by atoms with Crippen LogP contribution in [0.2, 0.25) is 0 Å². The molecular weight excluding hydrogens is 458 g/mol. The van der Waals surface area contributed by atoms with Crippen molar-refractivity contribution in [2.45, 2.75) is 52.4 Å². The lowest BCUT2D eigenvalue weighted by Gasteiger charge is -2.12. The average molecular weight is 490 g/mol. The van der Waals surface area contributed by atoms with Gasteiger partial charge in [-0.1, -0.05) is 31.0 Å². The zero-order chi connectivity index (χ0) is 24.8. The molecule has 0 radical (unpaired) electrons. The Morgan fingerprint density at radius 2 is 1.83 bits per heavy atom. The first kappa shape index (κ1) is 24.7. The van der Waals surface area contributed by atoms with E-state index in [-0.39, 0.29) is 12.5 Å². The molecule has 1 aliphatic rings. The zero-order valence-corrected chi connectivity index (χ0v) is 21.0. The number of para-hydroxylation sites is 1. The summed E-state index contributed by atoms with van der Waals surface area (Å²) in [4.78, 5) is 30.7. The number of nitrogens with two attached hydrogens (primary N) is 1. The number of primary amides is 1. The van der Waals surface area contributed by atoms with Gasteiger partial charge in [-0.15, -0.1) is 11.3 Å². The number of carbonyl (C=O) groups is 2. The molecule has 4 rings (SSSR count). The van der Waals surface area contributed by atoms with Crippen molar-refractivity contribution in [3.63, 3.8) is 0 Å². The number of nitrogens with zero attached hydrogens (tertiary/aromatic N) is 1. The highest BCUT2D eigenvalue weighted by Gasteiger charge is 2.24. The molecule has 7 heteroatoms. The molecule has 6 nitrogen and oxygen atoms in total. The molecule has 0 spiro atoms. The maximum absolute atomic E-state index is 13.6. The molecular formula is C28H31N3O3S. The van der Waals surface area contributed by atoms with Crippen molar-refractivity contribution in [3.05, 3.63) is 75.2 Å². The van der Waals surface area contributed by atoms with Crippen molar-refractivity contribution in [2.75, 3.05) is 11.9 Å². The summed E-state index contributed by atoms with van der Waals surface area (Å²) in [6.45, 7) is 3.89. The molecule has 0 atom stereocenters. The monoisotopic (exact) mass is 489 g/mol. The molecule has 0 fully saturated rings. The Bertz CT molecular complexity index is 1260. The van der Waals surface area contributed by atoms with Gasteiger partial charge in [0.25, 0.3) is 11.8 Å². The van der Waals surface area contributed by atoms with E-state index in [0.717, 1.165) is 48.1 Å². The van der Waals surface area contributed by atoms with Gasteiger partial charge >= 0.3 is 0 Å². The molecule has 2 aromatic carbocycles. The summed E-state index contributed by atoms with van der Waals surface area (Å²) >= 11 is 1.60. The first-order chi connectivity index (χ1) is 16.9. The van der Waals surface area contributed by atoms with E-state index in [1.807, 2.05) is 43.3 Å². The van der Waals surface area contributed by atoms with E-state index in [1.54, 1.807) is 23.6 Å². The van der Waals surface area contributed by atoms with E-state index >= 15 is 0 Å². The lowest BCUT2D eigenvalue weighted by Crippen LogP contribution is -2.20. The van der Waals surface area contributed by atoms with Crippen molar-refractivity contribution in [1.82, 2.24) is 0 Å². The number of rotatable bonds is 7. The largest absolute Gasteiger partial charge is 0.483 e. The normalized spacial score (nSPS) is 13.7. The fraction of sp³-hybridized carbons (Fsp3) is 0.321.